The lowest BCUT2D eigenvalue weighted by atomic mass is 10.1. The summed E-state index contributed by atoms with van der Waals surface area (Å²) in [5, 5.41) is 0. The lowest BCUT2D eigenvalue weighted by molar-refractivity contribution is 0.198. The molecule has 1 aromatic rings. The maximum Gasteiger partial charge on any atom is 0.149 e. The first kappa shape index (κ1) is 16.2. The number of nitrogens with zero attached hydrogens (tertiary/aromatic N) is 2. The van der Waals surface area contributed by atoms with Crippen LogP contribution >= 0.6 is 0 Å². The smallest absolute Gasteiger partial charge is 0.149 e. The largest absolute Gasteiger partial charge is 0.364 e. The number of rotatable bonds is 4. The van der Waals surface area contributed by atoms with Crippen LogP contribution in [0.4, 0.5) is 14.5 Å². The van der Waals surface area contributed by atoms with Crippen molar-refractivity contribution in [2.24, 2.45) is 5.73 Å². The number of likely N-dealkylation sites (N-methyl/N-ethyl adjacent to an activating group) is 1. The third-order valence-corrected chi connectivity index (χ3v) is 4.12. The van der Waals surface area contributed by atoms with E-state index in [-0.39, 0.29) is 11.7 Å². The third kappa shape index (κ3) is 3.71. The van der Waals surface area contributed by atoms with Gasteiger partial charge in [0.1, 0.15) is 17.3 Å². The number of nitrogens with two attached hydrogens (primary N) is 1. The Balaban J connectivity index is 2.20. The Bertz CT molecular complexity index is 467. The molecule has 1 aliphatic rings. The van der Waals surface area contributed by atoms with Gasteiger partial charge in [-0.05, 0) is 44.5 Å². The van der Waals surface area contributed by atoms with Gasteiger partial charge in [0.2, 0.25) is 0 Å². The summed E-state index contributed by atoms with van der Waals surface area (Å²) >= 11 is 0. The number of piperazine rings is 1. The first-order valence-electron chi connectivity index (χ1n) is 7.64. The Morgan fingerprint density at radius 1 is 1.29 bits per heavy atom. The van der Waals surface area contributed by atoms with Crippen LogP contribution in [0.3, 0.4) is 0 Å². The summed E-state index contributed by atoms with van der Waals surface area (Å²) in [6.07, 6.45) is 0.480. The molecule has 5 heteroatoms. The molecule has 1 heterocycles. The quantitative estimate of drug-likeness (QED) is 0.926. The van der Waals surface area contributed by atoms with E-state index in [1.54, 1.807) is 0 Å². The van der Waals surface area contributed by atoms with Gasteiger partial charge in [-0.1, -0.05) is 6.92 Å². The van der Waals surface area contributed by atoms with Gasteiger partial charge in [0.15, 0.2) is 0 Å². The predicted octanol–water partition coefficient (Wildman–Crippen LogP) is 2.38. The van der Waals surface area contributed by atoms with Crippen molar-refractivity contribution in [3.63, 3.8) is 0 Å². The molecule has 21 heavy (non-hydrogen) atoms. The van der Waals surface area contributed by atoms with Crippen LogP contribution < -0.4 is 10.6 Å². The fourth-order valence-electron chi connectivity index (χ4n) is 3.08. The Morgan fingerprint density at radius 3 is 2.38 bits per heavy atom. The predicted molar refractivity (Wildman–Crippen MR) is 82.6 cm³/mol. The van der Waals surface area contributed by atoms with Gasteiger partial charge in [-0.3, -0.25) is 4.90 Å². The molecule has 0 aromatic heterocycles. The van der Waals surface area contributed by atoms with Crippen LogP contribution in [0.2, 0.25) is 0 Å². The molecule has 118 valence electrons. The van der Waals surface area contributed by atoms with E-state index in [1.807, 2.05) is 11.8 Å². The van der Waals surface area contributed by atoms with Crippen LogP contribution in [0.15, 0.2) is 12.1 Å². The number of halogens is 2. The van der Waals surface area contributed by atoms with Gasteiger partial charge in [-0.15, -0.1) is 0 Å². The molecule has 1 aromatic carbocycles. The van der Waals surface area contributed by atoms with Gasteiger partial charge in [0.05, 0.1) is 0 Å². The SMILES string of the molecule is CCN1CCN(c2c(F)cc(CC(C)N)cc2F)CC1C. The Hall–Kier alpha value is -1.20. The van der Waals surface area contributed by atoms with Gasteiger partial charge in [0, 0.05) is 31.7 Å². The van der Waals surface area contributed by atoms with Crippen molar-refractivity contribution >= 4 is 5.69 Å². The highest BCUT2D eigenvalue weighted by Crippen LogP contribution is 2.27. The van der Waals surface area contributed by atoms with Crippen LogP contribution in [-0.4, -0.2) is 43.2 Å². The molecular formula is C16H25F2N3. The molecule has 0 bridgehead atoms. The van der Waals surface area contributed by atoms with Crippen LogP contribution in [-0.2, 0) is 6.42 Å². The van der Waals surface area contributed by atoms with Crippen molar-refractivity contribution in [3.8, 4) is 0 Å². The number of hydrogen-bond donors (Lipinski definition) is 1. The van der Waals surface area contributed by atoms with Crippen molar-refractivity contribution in [1.29, 1.82) is 0 Å². The molecule has 0 radical (unpaired) electrons. The van der Waals surface area contributed by atoms with E-state index in [9.17, 15) is 8.78 Å². The van der Waals surface area contributed by atoms with E-state index >= 15 is 0 Å². The Morgan fingerprint density at radius 2 is 1.90 bits per heavy atom. The Labute approximate surface area is 125 Å². The van der Waals surface area contributed by atoms with Crippen molar-refractivity contribution in [2.45, 2.75) is 39.3 Å². The second-order valence-corrected chi connectivity index (χ2v) is 6.01. The van der Waals surface area contributed by atoms with Gasteiger partial charge >= 0.3 is 0 Å². The second-order valence-electron chi connectivity index (χ2n) is 6.01. The van der Waals surface area contributed by atoms with Gasteiger partial charge < -0.3 is 10.6 Å². The number of benzene rings is 1. The third-order valence-electron chi connectivity index (χ3n) is 4.12. The fraction of sp³-hybridized carbons (Fsp3) is 0.625. The van der Waals surface area contributed by atoms with E-state index in [4.69, 9.17) is 5.73 Å². The van der Waals surface area contributed by atoms with Crippen molar-refractivity contribution in [1.82, 2.24) is 4.90 Å². The summed E-state index contributed by atoms with van der Waals surface area (Å²) in [4.78, 5) is 4.13. The summed E-state index contributed by atoms with van der Waals surface area (Å²) in [7, 11) is 0. The molecule has 0 aliphatic carbocycles. The summed E-state index contributed by atoms with van der Waals surface area (Å²) < 4.78 is 28.6. The molecule has 1 aliphatic heterocycles. The number of anilines is 1. The number of hydrogen-bond acceptors (Lipinski definition) is 3. The standard InChI is InChI=1S/C16H25F2N3/c1-4-20-5-6-21(10-12(20)3)16-14(17)8-13(7-11(2)19)9-15(16)18/h8-9,11-12H,4-7,10,19H2,1-3H3. The van der Waals surface area contributed by atoms with E-state index in [2.05, 4.69) is 18.7 Å². The second kappa shape index (κ2) is 6.71. The molecule has 1 fully saturated rings. The maximum atomic E-state index is 14.3. The first-order chi connectivity index (χ1) is 9.92. The van der Waals surface area contributed by atoms with Gasteiger partial charge in [0.25, 0.3) is 0 Å². The van der Waals surface area contributed by atoms with Crippen LogP contribution in [0.5, 0.6) is 0 Å². The van der Waals surface area contributed by atoms with E-state index in [0.29, 0.717) is 31.1 Å². The normalized spacial score (nSPS) is 21.6. The molecule has 1 saturated heterocycles. The molecule has 0 spiro atoms. The molecular weight excluding hydrogens is 272 g/mol. The van der Waals surface area contributed by atoms with Crippen LogP contribution in [0.25, 0.3) is 0 Å². The molecule has 2 atom stereocenters. The highest BCUT2D eigenvalue weighted by Gasteiger charge is 2.26. The summed E-state index contributed by atoms with van der Waals surface area (Å²) in [5.41, 5.74) is 6.41. The Kier molecular flexibility index (Phi) is 5.17. The zero-order valence-corrected chi connectivity index (χ0v) is 13.1. The average molecular weight is 297 g/mol. The molecule has 2 N–H and O–H groups in total. The van der Waals surface area contributed by atoms with Gasteiger partial charge in [-0.25, -0.2) is 8.78 Å². The first-order valence-corrected chi connectivity index (χ1v) is 7.64. The lowest BCUT2D eigenvalue weighted by Gasteiger charge is -2.40. The molecule has 2 rings (SSSR count). The minimum Gasteiger partial charge on any atom is -0.364 e. The van der Waals surface area contributed by atoms with E-state index in [1.165, 1.54) is 12.1 Å². The fourth-order valence-corrected chi connectivity index (χ4v) is 3.08. The highest BCUT2D eigenvalue weighted by molar-refractivity contribution is 5.51. The monoisotopic (exact) mass is 297 g/mol. The van der Waals surface area contributed by atoms with Crippen molar-refractivity contribution in [2.75, 3.05) is 31.1 Å². The van der Waals surface area contributed by atoms with Crippen LogP contribution in [0, 0.1) is 11.6 Å². The average Bonchev–Trinajstić information content (AvgIpc) is 2.37. The van der Waals surface area contributed by atoms with E-state index < -0.39 is 11.6 Å². The summed E-state index contributed by atoms with van der Waals surface area (Å²) in [5.74, 6) is -0.967. The summed E-state index contributed by atoms with van der Waals surface area (Å²) in [6, 6.07) is 3.02. The van der Waals surface area contributed by atoms with Gasteiger partial charge in [-0.2, -0.15) is 0 Å². The van der Waals surface area contributed by atoms with Crippen molar-refractivity contribution < 1.29 is 8.78 Å². The molecule has 3 nitrogen and oxygen atoms in total. The summed E-state index contributed by atoms with van der Waals surface area (Å²) in [6.45, 7) is 9.12. The zero-order valence-electron chi connectivity index (χ0n) is 13.1. The minimum atomic E-state index is -0.484. The van der Waals surface area contributed by atoms with E-state index in [0.717, 1.165) is 13.1 Å². The topological polar surface area (TPSA) is 32.5 Å². The molecule has 0 amide bonds. The molecule has 0 saturated carbocycles. The zero-order chi connectivity index (χ0) is 15.6. The van der Waals surface area contributed by atoms with Crippen molar-refractivity contribution in [3.05, 3.63) is 29.3 Å². The highest BCUT2D eigenvalue weighted by atomic mass is 19.1. The maximum absolute atomic E-state index is 14.3. The van der Waals surface area contributed by atoms with Crippen LogP contribution in [0.1, 0.15) is 26.3 Å². The lowest BCUT2D eigenvalue weighted by Crippen LogP contribution is -2.52. The molecule has 2 unspecified atom stereocenters. The minimum absolute atomic E-state index is 0.103.